The summed E-state index contributed by atoms with van der Waals surface area (Å²) in [5, 5.41) is 10.0. The van der Waals surface area contributed by atoms with E-state index in [0.717, 1.165) is 59.7 Å². The summed E-state index contributed by atoms with van der Waals surface area (Å²) in [6, 6.07) is 13.7. The molecule has 0 radical (unpaired) electrons. The van der Waals surface area contributed by atoms with Crippen LogP contribution in [-0.2, 0) is 0 Å². The van der Waals surface area contributed by atoms with Gasteiger partial charge in [-0.2, -0.15) is 0 Å². The lowest BCUT2D eigenvalue weighted by molar-refractivity contribution is 0.105. The first kappa shape index (κ1) is 21.2. The van der Waals surface area contributed by atoms with Crippen molar-refractivity contribution in [2.45, 2.75) is 6.29 Å². The van der Waals surface area contributed by atoms with Gasteiger partial charge in [0.05, 0.1) is 0 Å². The number of rotatable bonds is 3. The van der Waals surface area contributed by atoms with Gasteiger partial charge >= 0.3 is 0 Å². The monoisotopic (exact) mass is 466 g/mol. The molecule has 3 heterocycles. The molecule has 0 spiro atoms. The summed E-state index contributed by atoms with van der Waals surface area (Å²) < 4.78 is 0. The third-order valence-corrected chi connectivity index (χ3v) is 6.49. The van der Waals surface area contributed by atoms with Crippen molar-refractivity contribution in [3.05, 3.63) is 71.0 Å². The maximum absolute atomic E-state index is 6.38. The van der Waals surface area contributed by atoms with Crippen molar-refractivity contribution < 1.29 is 0 Å². The van der Waals surface area contributed by atoms with Crippen LogP contribution in [0.4, 0.5) is 5.82 Å². The van der Waals surface area contributed by atoms with Crippen LogP contribution < -0.4 is 10.6 Å². The van der Waals surface area contributed by atoms with E-state index in [1.165, 1.54) is 0 Å². The van der Waals surface area contributed by atoms with E-state index in [1.807, 2.05) is 48.8 Å². The third-order valence-electron chi connectivity index (χ3n) is 5.86. The molecule has 1 atom stereocenters. The topological polar surface area (TPSA) is 55.8 Å². The van der Waals surface area contributed by atoms with Crippen LogP contribution in [-0.4, -0.2) is 60.1 Å². The number of amidine groups is 1. The number of nitrogens with zero attached hydrogens (tertiary/aromatic N) is 4. The molecule has 8 heteroatoms. The fraction of sp³-hybridized carbons (Fsp3) is 0.250. The SMILES string of the molecule is CN1CCN(C2N=C(Nc3cc4ccc(-c5c(Cl)cccc5Cl)cc4cn3)C=CN2)CC1. The van der Waals surface area contributed by atoms with Gasteiger partial charge in [-0.15, -0.1) is 0 Å². The normalized spacial score (nSPS) is 19.6. The molecular weight excluding hydrogens is 443 g/mol. The molecule has 1 fully saturated rings. The van der Waals surface area contributed by atoms with Crippen LogP contribution in [0.25, 0.3) is 21.9 Å². The van der Waals surface area contributed by atoms with Gasteiger partial charge in [-0.05, 0) is 48.3 Å². The molecule has 3 aromatic rings. The fourth-order valence-corrected chi connectivity index (χ4v) is 4.64. The summed E-state index contributed by atoms with van der Waals surface area (Å²) in [4.78, 5) is 14.1. The van der Waals surface area contributed by atoms with E-state index in [-0.39, 0.29) is 6.29 Å². The molecule has 164 valence electrons. The maximum Gasteiger partial charge on any atom is 0.178 e. The Hall–Kier alpha value is -2.64. The predicted molar refractivity (Wildman–Crippen MR) is 133 cm³/mol. The molecule has 1 saturated heterocycles. The Balaban J connectivity index is 1.35. The van der Waals surface area contributed by atoms with Crippen molar-refractivity contribution in [3.8, 4) is 11.1 Å². The standard InChI is InChI=1S/C24H24Cl2N6/c1-31-9-11-32(12-10-31)24-27-8-7-21(30-24)29-22-14-16-5-6-17(13-18(16)15-28-22)23-19(25)3-2-4-20(23)26/h2-8,13-15,24,27H,9-12H2,1H3,(H,28,29,30). The lowest BCUT2D eigenvalue weighted by Gasteiger charge is -2.37. The van der Waals surface area contributed by atoms with Gasteiger partial charge in [0.2, 0.25) is 0 Å². The van der Waals surface area contributed by atoms with E-state index < -0.39 is 0 Å². The number of piperazine rings is 1. The van der Waals surface area contributed by atoms with Crippen LogP contribution >= 0.6 is 23.2 Å². The quantitative estimate of drug-likeness (QED) is 0.587. The number of hydrogen-bond acceptors (Lipinski definition) is 6. The average Bonchev–Trinajstić information content (AvgIpc) is 2.80. The highest BCUT2D eigenvalue weighted by Gasteiger charge is 2.22. The highest BCUT2D eigenvalue weighted by Crippen LogP contribution is 2.36. The zero-order valence-corrected chi connectivity index (χ0v) is 19.2. The summed E-state index contributed by atoms with van der Waals surface area (Å²) in [7, 11) is 2.15. The zero-order chi connectivity index (χ0) is 22.1. The van der Waals surface area contributed by atoms with Crippen molar-refractivity contribution in [1.82, 2.24) is 20.1 Å². The van der Waals surface area contributed by atoms with Gasteiger partial charge in [-0.1, -0.05) is 41.4 Å². The van der Waals surface area contributed by atoms with Crippen LogP contribution in [0.15, 0.2) is 65.9 Å². The van der Waals surface area contributed by atoms with Gasteiger partial charge in [0, 0.05) is 59.6 Å². The van der Waals surface area contributed by atoms with Crippen LogP contribution in [0.5, 0.6) is 0 Å². The van der Waals surface area contributed by atoms with Crippen molar-refractivity contribution >= 4 is 45.6 Å². The lowest BCUT2D eigenvalue weighted by Crippen LogP contribution is -2.53. The molecule has 6 nitrogen and oxygen atoms in total. The highest BCUT2D eigenvalue weighted by atomic mass is 35.5. The minimum Gasteiger partial charge on any atom is -0.357 e. The number of fused-ring (bicyclic) bond motifs is 1. The van der Waals surface area contributed by atoms with Crippen molar-refractivity contribution in [2.24, 2.45) is 4.99 Å². The molecule has 0 saturated carbocycles. The molecule has 1 unspecified atom stereocenters. The van der Waals surface area contributed by atoms with Crippen LogP contribution in [0.3, 0.4) is 0 Å². The third kappa shape index (κ3) is 4.45. The van der Waals surface area contributed by atoms with Crippen LogP contribution in [0.2, 0.25) is 10.0 Å². The number of aliphatic imine (C=N–C) groups is 1. The molecule has 32 heavy (non-hydrogen) atoms. The Kier molecular flexibility index (Phi) is 6.02. The Morgan fingerprint density at radius 3 is 2.56 bits per heavy atom. The predicted octanol–water partition coefficient (Wildman–Crippen LogP) is 4.67. The first-order valence-corrected chi connectivity index (χ1v) is 11.4. The number of nitrogens with one attached hydrogen (secondary N) is 2. The van der Waals surface area contributed by atoms with Crippen LogP contribution in [0.1, 0.15) is 0 Å². The summed E-state index contributed by atoms with van der Waals surface area (Å²) >= 11 is 12.8. The van der Waals surface area contributed by atoms with Crippen molar-refractivity contribution in [1.29, 1.82) is 0 Å². The first-order valence-electron chi connectivity index (χ1n) is 10.6. The second kappa shape index (κ2) is 9.08. The summed E-state index contributed by atoms with van der Waals surface area (Å²) in [6.07, 6.45) is 5.68. The van der Waals surface area contributed by atoms with E-state index in [4.69, 9.17) is 28.2 Å². The van der Waals surface area contributed by atoms with Crippen molar-refractivity contribution in [2.75, 3.05) is 38.5 Å². The van der Waals surface area contributed by atoms with E-state index in [0.29, 0.717) is 10.0 Å². The van der Waals surface area contributed by atoms with Gasteiger partial charge in [0.25, 0.3) is 0 Å². The molecule has 2 N–H and O–H groups in total. The highest BCUT2D eigenvalue weighted by molar-refractivity contribution is 6.39. The number of pyridine rings is 1. The largest absolute Gasteiger partial charge is 0.357 e. The summed E-state index contributed by atoms with van der Waals surface area (Å²) in [5.74, 6) is 1.54. The smallest absolute Gasteiger partial charge is 0.178 e. The average molecular weight is 467 g/mol. The molecule has 0 bridgehead atoms. The first-order chi connectivity index (χ1) is 15.6. The Morgan fingerprint density at radius 1 is 1.00 bits per heavy atom. The van der Waals surface area contributed by atoms with E-state index in [1.54, 1.807) is 0 Å². The maximum atomic E-state index is 6.38. The number of anilines is 1. The molecule has 2 aliphatic rings. The zero-order valence-electron chi connectivity index (χ0n) is 17.7. The van der Waals surface area contributed by atoms with E-state index in [9.17, 15) is 0 Å². The Morgan fingerprint density at radius 2 is 1.78 bits per heavy atom. The number of hydrogen-bond donors (Lipinski definition) is 2. The second-order valence-corrected chi connectivity index (χ2v) is 8.89. The van der Waals surface area contributed by atoms with Gasteiger partial charge in [0.1, 0.15) is 11.7 Å². The van der Waals surface area contributed by atoms with Gasteiger partial charge in [-0.25, -0.2) is 9.98 Å². The number of halogens is 2. The number of likely N-dealkylation sites (N-methyl/N-ethyl adjacent to an activating group) is 1. The van der Waals surface area contributed by atoms with E-state index in [2.05, 4.69) is 44.6 Å². The van der Waals surface area contributed by atoms with Gasteiger partial charge in [-0.3, -0.25) is 4.90 Å². The summed E-state index contributed by atoms with van der Waals surface area (Å²) in [5.41, 5.74) is 1.81. The van der Waals surface area contributed by atoms with Gasteiger partial charge < -0.3 is 15.5 Å². The molecular formula is C24H24Cl2N6. The summed E-state index contributed by atoms with van der Waals surface area (Å²) in [6.45, 7) is 4.08. The minimum atomic E-state index is -0.0559. The van der Waals surface area contributed by atoms with Crippen LogP contribution in [0, 0.1) is 0 Å². The molecule has 0 amide bonds. The minimum absolute atomic E-state index is 0.0559. The molecule has 2 aromatic carbocycles. The Labute approximate surface area is 197 Å². The fourth-order valence-electron chi connectivity index (χ4n) is 4.02. The molecule has 0 aliphatic carbocycles. The lowest BCUT2D eigenvalue weighted by atomic mass is 10.0. The van der Waals surface area contributed by atoms with Crippen molar-refractivity contribution in [3.63, 3.8) is 0 Å². The number of aromatic nitrogens is 1. The number of benzene rings is 2. The van der Waals surface area contributed by atoms with E-state index >= 15 is 0 Å². The second-order valence-electron chi connectivity index (χ2n) is 8.08. The molecule has 5 rings (SSSR count). The molecule has 1 aromatic heterocycles. The molecule has 2 aliphatic heterocycles. The van der Waals surface area contributed by atoms with Gasteiger partial charge in [0.15, 0.2) is 6.29 Å². The Bertz CT molecular complexity index is 1180.